The number of hydrogen-bond donors (Lipinski definition) is 1. The number of urea groups is 1. The molecule has 2 unspecified atom stereocenters. The molecule has 0 spiro atoms. The van der Waals surface area contributed by atoms with Gasteiger partial charge in [-0.15, -0.1) is 0 Å². The third-order valence-corrected chi connectivity index (χ3v) is 3.99. The molecule has 2 fully saturated rings. The Hall–Kier alpha value is -0.810. The summed E-state index contributed by atoms with van der Waals surface area (Å²) in [6, 6.07) is 0.645. The molecule has 0 aromatic heterocycles. The van der Waals surface area contributed by atoms with E-state index < -0.39 is 0 Å². The van der Waals surface area contributed by atoms with Gasteiger partial charge in [-0.1, -0.05) is 0 Å². The van der Waals surface area contributed by atoms with Crippen molar-refractivity contribution in [3.63, 3.8) is 0 Å². The van der Waals surface area contributed by atoms with Crippen LogP contribution in [0.2, 0.25) is 0 Å². The van der Waals surface area contributed by atoms with Crippen LogP contribution in [-0.2, 0) is 4.74 Å². The lowest BCUT2D eigenvalue weighted by molar-refractivity contribution is -0.0460. The maximum absolute atomic E-state index is 11.8. The molecule has 18 heavy (non-hydrogen) atoms. The van der Waals surface area contributed by atoms with Gasteiger partial charge in [0.2, 0.25) is 0 Å². The SMILES string of the molecule is CCN(CC)C(=O)NCC1CN2CCCC2CO1. The number of nitrogens with zero attached hydrogens (tertiary/aromatic N) is 2. The van der Waals surface area contributed by atoms with E-state index in [2.05, 4.69) is 10.2 Å². The summed E-state index contributed by atoms with van der Waals surface area (Å²) in [4.78, 5) is 16.1. The van der Waals surface area contributed by atoms with Gasteiger partial charge in [-0.25, -0.2) is 4.79 Å². The van der Waals surface area contributed by atoms with Gasteiger partial charge in [-0.05, 0) is 33.2 Å². The van der Waals surface area contributed by atoms with Gasteiger partial charge in [0.15, 0.2) is 0 Å². The van der Waals surface area contributed by atoms with Crippen LogP contribution in [0.15, 0.2) is 0 Å². The highest BCUT2D eigenvalue weighted by atomic mass is 16.5. The molecule has 2 atom stereocenters. The van der Waals surface area contributed by atoms with Crippen LogP contribution in [0.1, 0.15) is 26.7 Å². The summed E-state index contributed by atoms with van der Waals surface area (Å²) >= 11 is 0. The molecule has 104 valence electrons. The fourth-order valence-corrected chi connectivity index (χ4v) is 2.83. The molecule has 2 aliphatic heterocycles. The van der Waals surface area contributed by atoms with Gasteiger partial charge in [0, 0.05) is 32.2 Å². The van der Waals surface area contributed by atoms with Gasteiger partial charge in [-0.2, -0.15) is 0 Å². The van der Waals surface area contributed by atoms with Crippen LogP contribution >= 0.6 is 0 Å². The van der Waals surface area contributed by atoms with Gasteiger partial charge in [-0.3, -0.25) is 4.90 Å². The Labute approximate surface area is 109 Å². The number of morpholine rings is 1. The first-order chi connectivity index (χ1) is 8.74. The third-order valence-electron chi connectivity index (χ3n) is 3.99. The first-order valence-electron chi connectivity index (χ1n) is 7.13. The Bertz CT molecular complexity index is 281. The van der Waals surface area contributed by atoms with Crippen molar-refractivity contribution in [2.24, 2.45) is 0 Å². The molecule has 5 nitrogen and oxygen atoms in total. The van der Waals surface area contributed by atoms with E-state index in [1.807, 2.05) is 13.8 Å². The molecular formula is C13H25N3O2. The minimum atomic E-state index is 0.0205. The standard InChI is InChI=1S/C13H25N3O2/c1-3-15(4-2)13(17)14-8-12-9-16-7-5-6-11(16)10-18-12/h11-12H,3-10H2,1-2H3,(H,14,17). The highest BCUT2D eigenvalue weighted by molar-refractivity contribution is 5.74. The number of amides is 2. The minimum Gasteiger partial charge on any atom is -0.373 e. The van der Waals surface area contributed by atoms with Crippen molar-refractivity contribution in [3.8, 4) is 0 Å². The summed E-state index contributed by atoms with van der Waals surface area (Å²) in [5, 5.41) is 2.97. The quantitative estimate of drug-likeness (QED) is 0.812. The largest absolute Gasteiger partial charge is 0.373 e. The van der Waals surface area contributed by atoms with E-state index in [4.69, 9.17) is 4.74 Å². The molecule has 0 aliphatic carbocycles. The lowest BCUT2D eigenvalue weighted by Crippen LogP contribution is -2.51. The molecule has 0 bridgehead atoms. The molecule has 1 N–H and O–H groups in total. The highest BCUT2D eigenvalue weighted by Crippen LogP contribution is 2.22. The van der Waals surface area contributed by atoms with Crippen LogP contribution in [0.3, 0.4) is 0 Å². The summed E-state index contributed by atoms with van der Waals surface area (Å²) in [6.07, 6.45) is 2.70. The number of carbonyl (C=O) groups is 1. The molecule has 2 saturated heterocycles. The van der Waals surface area contributed by atoms with Crippen LogP contribution in [0, 0.1) is 0 Å². The molecule has 0 saturated carbocycles. The zero-order chi connectivity index (χ0) is 13.0. The Morgan fingerprint density at radius 2 is 2.22 bits per heavy atom. The zero-order valence-electron chi connectivity index (χ0n) is 11.5. The van der Waals surface area contributed by atoms with Crippen molar-refractivity contribution >= 4 is 6.03 Å². The van der Waals surface area contributed by atoms with Gasteiger partial charge in [0.1, 0.15) is 0 Å². The summed E-state index contributed by atoms with van der Waals surface area (Å²) in [7, 11) is 0. The molecule has 2 rings (SSSR count). The van der Waals surface area contributed by atoms with Crippen LogP contribution in [0.25, 0.3) is 0 Å². The summed E-state index contributed by atoms with van der Waals surface area (Å²) < 4.78 is 5.81. The van der Waals surface area contributed by atoms with E-state index in [1.54, 1.807) is 4.90 Å². The molecule has 2 amide bonds. The lowest BCUT2D eigenvalue weighted by Gasteiger charge is -2.35. The number of carbonyl (C=O) groups excluding carboxylic acids is 1. The third kappa shape index (κ3) is 3.14. The van der Waals surface area contributed by atoms with E-state index in [1.165, 1.54) is 19.4 Å². The van der Waals surface area contributed by atoms with E-state index >= 15 is 0 Å². The molecule has 0 radical (unpaired) electrons. The molecule has 2 aliphatic rings. The smallest absolute Gasteiger partial charge is 0.317 e. The Morgan fingerprint density at radius 3 is 2.94 bits per heavy atom. The number of fused-ring (bicyclic) bond motifs is 1. The number of nitrogens with one attached hydrogen (secondary N) is 1. The van der Waals surface area contributed by atoms with Crippen molar-refractivity contribution in [1.82, 2.24) is 15.1 Å². The molecule has 5 heteroatoms. The van der Waals surface area contributed by atoms with E-state index in [0.29, 0.717) is 12.6 Å². The van der Waals surface area contributed by atoms with Crippen LogP contribution < -0.4 is 5.32 Å². The second-order valence-electron chi connectivity index (χ2n) is 5.10. The summed E-state index contributed by atoms with van der Waals surface area (Å²) in [5.41, 5.74) is 0. The average molecular weight is 255 g/mol. The lowest BCUT2D eigenvalue weighted by atomic mass is 10.2. The van der Waals surface area contributed by atoms with Crippen molar-refractivity contribution in [1.29, 1.82) is 0 Å². The van der Waals surface area contributed by atoms with E-state index in [0.717, 1.165) is 26.2 Å². The highest BCUT2D eigenvalue weighted by Gasteiger charge is 2.32. The molecule has 0 aromatic carbocycles. The second-order valence-corrected chi connectivity index (χ2v) is 5.10. The fraction of sp³-hybridized carbons (Fsp3) is 0.923. The number of rotatable bonds is 4. The number of ether oxygens (including phenoxy) is 1. The maximum Gasteiger partial charge on any atom is 0.317 e. The number of hydrogen-bond acceptors (Lipinski definition) is 3. The van der Waals surface area contributed by atoms with Gasteiger partial charge in [0.25, 0.3) is 0 Å². The predicted molar refractivity (Wildman–Crippen MR) is 70.7 cm³/mol. The van der Waals surface area contributed by atoms with Gasteiger partial charge in [0.05, 0.1) is 12.7 Å². The summed E-state index contributed by atoms with van der Waals surface area (Å²) in [6.45, 7) is 9.09. The first-order valence-corrected chi connectivity index (χ1v) is 7.13. The zero-order valence-corrected chi connectivity index (χ0v) is 11.5. The van der Waals surface area contributed by atoms with E-state index in [9.17, 15) is 4.79 Å². The molecule has 0 aromatic rings. The minimum absolute atomic E-state index is 0.0205. The van der Waals surface area contributed by atoms with Gasteiger partial charge < -0.3 is 15.0 Å². The Balaban J connectivity index is 1.72. The normalized spacial score (nSPS) is 27.9. The monoisotopic (exact) mass is 255 g/mol. The predicted octanol–water partition coefficient (Wildman–Crippen LogP) is 0.901. The van der Waals surface area contributed by atoms with Crippen molar-refractivity contribution in [2.45, 2.75) is 38.8 Å². The fourth-order valence-electron chi connectivity index (χ4n) is 2.83. The van der Waals surface area contributed by atoms with Gasteiger partial charge >= 0.3 is 6.03 Å². The topological polar surface area (TPSA) is 44.8 Å². The Morgan fingerprint density at radius 1 is 1.44 bits per heavy atom. The van der Waals surface area contributed by atoms with Crippen LogP contribution in [0.5, 0.6) is 0 Å². The van der Waals surface area contributed by atoms with Crippen molar-refractivity contribution in [3.05, 3.63) is 0 Å². The molecule has 2 heterocycles. The van der Waals surface area contributed by atoms with Crippen molar-refractivity contribution in [2.75, 3.05) is 39.3 Å². The average Bonchev–Trinajstić information content (AvgIpc) is 2.85. The summed E-state index contributed by atoms with van der Waals surface area (Å²) in [5.74, 6) is 0. The molecular weight excluding hydrogens is 230 g/mol. The second kappa shape index (κ2) is 6.38. The first kappa shape index (κ1) is 13.6. The maximum atomic E-state index is 11.8. The Kier molecular flexibility index (Phi) is 4.83. The van der Waals surface area contributed by atoms with Crippen LogP contribution in [0.4, 0.5) is 4.79 Å². The van der Waals surface area contributed by atoms with E-state index in [-0.39, 0.29) is 12.1 Å². The van der Waals surface area contributed by atoms with Crippen LogP contribution in [-0.4, -0.2) is 67.3 Å². The van der Waals surface area contributed by atoms with Crippen molar-refractivity contribution < 1.29 is 9.53 Å².